The Hall–Kier alpha value is -2.40. The highest BCUT2D eigenvalue weighted by molar-refractivity contribution is 5.63. The van der Waals surface area contributed by atoms with E-state index in [0.29, 0.717) is 6.04 Å². The summed E-state index contributed by atoms with van der Waals surface area (Å²) in [7, 11) is 2.11. The van der Waals surface area contributed by atoms with Gasteiger partial charge in [0.15, 0.2) is 0 Å². The molecule has 25 heavy (non-hydrogen) atoms. The van der Waals surface area contributed by atoms with Crippen LogP contribution in [0.1, 0.15) is 23.1 Å². The average Bonchev–Trinajstić information content (AvgIpc) is 3.03. The lowest BCUT2D eigenvalue weighted by molar-refractivity contribution is -0.384. The molecule has 0 radical (unpaired) electrons. The molecule has 0 amide bonds. The minimum atomic E-state index is -0.319. The molecule has 1 unspecified atom stereocenters. The Bertz CT molecular complexity index is 738. The Labute approximate surface area is 149 Å². The zero-order valence-corrected chi connectivity index (χ0v) is 15.1. The smallest absolute Gasteiger partial charge is 0.270 e. The van der Waals surface area contributed by atoms with Crippen molar-refractivity contribution in [2.45, 2.75) is 32.9 Å². The largest absolute Gasteiger partial charge is 0.370 e. The second kappa shape index (κ2) is 7.23. The van der Waals surface area contributed by atoms with Crippen molar-refractivity contribution in [3.05, 3.63) is 69.3 Å². The summed E-state index contributed by atoms with van der Waals surface area (Å²) in [6, 6.07) is 14.3. The second-order valence-electron chi connectivity index (χ2n) is 6.96. The van der Waals surface area contributed by atoms with Crippen LogP contribution in [0.5, 0.6) is 0 Å². The van der Waals surface area contributed by atoms with Gasteiger partial charge >= 0.3 is 0 Å². The Morgan fingerprint density at radius 3 is 2.44 bits per heavy atom. The van der Waals surface area contributed by atoms with Gasteiger partial charge in [-0.1, -0.05) is 30.3 Å². The molecule has 1 aliphatic heterocycles. The highest BCUT2D eigenvalue weighted by Gasteiger charge is 2.28. The molecule has 0 aliphatic carbocycles. The van der Waals surface area contributed by atoms with Crippen molar-refractivity contribution in [2.24, 2.45) is 0 Å². The van der Waals surface area contributed by atoms with E-state index in [1.54, 1.807) is 12.1 Å². The van der Waals surface area contributed by atoms with Gasteiger partial charge in [-0.25, -0.2) is 0 Å². The molecule has 1 aliphatic rings. The molecule has 1 saturated heterocycles. The number of anilines is 1. The number of hydrogen-bond acceptors (Lipinski definition) is 4. The molecule has 0 N–H and O–H groups in total. The molecule has 0 aromatic heterocycles. The summed E-state index contributed by atoms with van der Waals surface area (Å²) in [6.07, 6.45) is 1.11. The summed E-state index contributed by atoms with van der Waals surface area (Å²) < 4.78 is 0. The monoisotopic (exact) mass is 339 g/mol. The van der Waals surface area contributed by atoms with Gasteiger partial charge in [0.2, 0.25) is 0 Å². The first-order chi connectivity index (χ1) is 12.0. The van der Waals surface area contributed by atoms with Gasteiger partial charge in [0.1, 0.15) is 0 Å². The molecular formula is C20H25N3O2. The molecular weight excluding hydrogens is 314 g/mol. The van der Waals surface area contributed by atoms with E-state index >= 15 is 0 Å². The van der Waals surface area contributed by atoms with Crippen LogP contribution >= 0.6 is 0 Å². The van der Waals surface area contributed by atoms with Crippen LogP contribution in [-0.4, -0.2) is 36.0 Å². The average molecular weight is 339 g/mol. The van der Waals surface area contributed by atoms with Crippen molar-refractivity contribution in [1.29, 1.82) is 0 Å². The summed E-state index contributed by atoms with van der Waals surface area (Å²) in [6.45, 7) is 6.99. The zero-order chi connectivity index (χ0) is 18.0. The number of nitrogens with zero attached hydrogens (tertiary/aromatic N) is 3. The minimum Gasteiger partial charge on any atom is -0.370 e. The van der Waals surface area contributed by atoms with Crippen molar-refractivity contribution in [2.75, 3.05) is 25.0 Å². The number of rotatable bonds is 5. The van der Waals surface area contributed by atoms with Gasteiger partial charge in [0.25, 0.3) is 5.69 Å². The van der Waals surface area contributed by atoms with E-state index in [4.69, 9.17) is 0 Å². The Morgan fingerprint density at radius 1 is 1.20 bits per heavy atom. The van der Waals surface area contributed by atoms with Gasteiger partial charge in [0, 0.05) is 50.5 Å². The maximum atomic E-state index is 11.0. The predicted octanol–water partition coefficient (Wildman–Crippen LogP) is 3.92. The summed E-state index contributed by atoms with van der Waals surface area (Å²) >= 11 is 0. The molecule has 1 atom stereocenters. The zero-order valence-electron chi connectivity index (χ0n) is 15.1. The molecule has 1 heterocycles. The summed E-state index contributed by atoms with van der Waals surface area (Å²) in [5.41, 5.74) is 4.57. The lowest BCUT2D eigenvalue weighted by atomic mass is 10.0. The van der Waals surface area contributed by atoms with Crippen molar-refractivity contribution in [3.8, 4) is 0 Å². The van der Waals surface area contributed by atoms with Crippen molar-refractivity contribution < 1.29 is 4.92 Å². The van der Waals surface area contributed by atoms with Gasteiger partial charge < -0.3 is 4.90 Å². The van der Waals surface area contributed by atoms with E-state index in [1.165, 1.54) is 5.56 Å². The van der Waals surface area contributed by atoms with E-state index < -0.39 is 0 Å². The number of nitro groups is 1. The summed E-state index contributed by atoms with van der Waals surface area (Å²) in [5.74, 6) is 0. The van der Waals surface area contributed by atoms with Crippen LogP contribution < -0.4 is 4.90 Å². The fourth-order valence-electron chi connectivity index (χ4n) is 3.89. The van der Waals surface area contributed by atoms with Crippen LogP contribution in [0.3, 0.4) is 0 Å². The van der Waals surface area contributed by atoms with Crippen LogP contribution in [0.4, 0.5) is 11.4 Å². The third-order valence-electron chi connectivity index (χ3n) is 5.08. The summed E-state index contributed by atoms with van der Waals surface area (Å²) in [5, 5.41) is 11.0. The number of likely N-dealkylation sites (N-methyl/N-ethyl adjacent to an activating group) is 1. The Kier molecular flexibility index (Phi) is 5.04. The molecule has 0 saturated carbocycles. The number of nitro benzene ring substituents is 1. The highest BCUT2D eigenvalue weighted by Crippen LogP contribution is 2.32. The molecule has 0 spiro atoms. The molecule has 5 nitrogen and oxygen atoms in total. The standard InChI is InChI=1S/C20H25N3O2/c1-15-11-19(23(24)25)12-16(2)20(15)21(3)18-9-10-22(14-18)13-17-7-5-4-6-8-17/h4-8,11-12,18H,9-10,13-14H2,1-3H3. The third-order valence-corrected chi connectivity index (χ3v) is 5.08. The maximum Gasteiger partial charge on any atom is 0.270 e. The number of aryl methyl sites for hydroxylation is 2. The van der Waals surface area contributed by atoms with Gasteiger partial charge in [-0.3, -0.25) is 15.0 Å². The molecule has 3 rings (SSSR count). The van der Waals surface area contributed by atoms with Crippen LogP contribution in [0.25, 0.3) is 0 Å². The Balaban J connectivity index is 1.72. The molecule has 132 valence electrons. The fraction of sp³-hybridized carbons (Fsp3) is 0.400. The SMILES string of the molecule is Cc1cc([N+](=O)[O-])cc(C)c1N(C)C1CCN(Cc2ccccc2)C1. The van der Waals surface area contributed by atoms with E-state index in [-0.39, 0.29) is 10.6 Å². The minimum absolute atomic E-state index is 0.171. The first-order valence-electron chi connectivity index (χ1n) is 8.70. The third kappa shape index (κ3) is 3.82. The van der Waals surface area contributed by atoms with Crippen LogP contribution in [0.2, 0.25) is 0 Å². The van der Waals surface area contributed by atoms with Crippen molar-refractivity contribution in [1.82, 2.24) is 4.90 Å². The maximum absolute atomic E-state index is 11.0. The van der Waals surface area contributed by atoms with E-state index in [2.05, 4.69) is 41.1 Å². The normalized spacial score (nSPS) is 17.6. The quantitative estimate of drug-likeness (QED) is 0.612. The van der Waals surface area contributed by atoms with Crippen LogP contribution in [0, 0.1) is 24.0 Å². The number of likely N-dealkylation sites (tertiary alicyclic amines) is 1. The van der Waals surface area contributed by atoms with Crippen LogP contribution in [0.15, 0.2) is 42.5 Å². The molecule has 1 fully saturated rings. The van der Waals surface area contributed by atoms with Crippen molar-refractivity contribution >= 4 is 11.4 Å². The molecule has 5 heteroatoms. The molecule has 2 aromatic carbocycles. The van der Waals surface area contributed by atoms with E-state index in [0.717, 1.165) is 42.9 Å². The molecule has 0 bridgehead atoms. The van der Waals surface area contributed by atoms with Crippen LogP contribution in [-0.2, 0) is 6.54 Å². The number of benzene rings is 2. The predicted molar refractivity (Wildman–Crippen MR) is 101 cm³/mol. The van der Waals surface area contributed by atoms with Gasteiger partial charge in [-0.05, 0) is 37.0 Å². The van der Waals surface area contributed by atoms with Gasteiger partial charge in [-0.15, -0.1) is 0 Å². The number of non-ortho nitro benzene ring substituents is 1. The molecule has 2 aromatic rings. The van der Waals surface area contributed by atoms with Gasteiger partial charge in [0.05, 0.1) is 4.92 Å². The first-order valence-corrected chi connectivity index (χ1v) is 8.70. The number of hydrogen-bond donors (Lipinski definition) is 0. The van der Waals surface area contributed by atoms with E-state index in [9.17, 15) is 10.1 Å². The highest BCUT2D eigenvalue weighted by atomic mass is 16.6. The summed E-state index contributed by atoms with van der Waals surface area (Å²) in [4.78, 5) is 15.5. The van der Waals surface area contributed by atoms with Crippen molar-refractivity contribution in [3.63, 3.8) is 0 Å². The Morgan fingerprint density at radius 2 is 1.84 bits per heavy atom. The topological polar surface area (TPSA) is 49.6 Å². The van der Waals surface area contributed by atoms with E-state index in [1.807, 2.05) is 19.9 Å². The first kappa shape index (κ1) is 17.4. The lowest BCUT2D eigenvalue weighted by Gasteiger charge is -2.30. The second-order valence-corrected chi connectivity index (χ2v) is 6.96. The lowest BCUT2D eigenvalue weighted by Crippen LogP contribution is -2.35. The van der Waals surface area contributed by atoms with Gasteiger partial charge in [-0.2, -0.15) is 0 Å². The fourth-order valence-corrected chi connectivity index (χ4v) is 3.89.